The van der Waals surface area contributed by atoms with Gasteiger partial charge in [0.1, 0.15) is 11.6 Å². The van der Waals surface area contributed by atoms with Gasteiger partial charge in [-0.2, -0.15) is 9.97 Å². The third kappa shape index (κ3) is 4.23. The van der Waals surface area contributed by atoms with E-state index in [0.717, 1.165) is 85.5 Å². The van der Waals surface area contributed by atoms with E-state index >= 15 is 0 Å². The van der Waals surface area contributed by atoms with Crippen molar-refractivity contribution in [3.05, 3.63) is 35.9 Å². The van der Waals surface area contributed by atoms with Crippen molar-refractivity contribution in [1.82, 2.24) is 38.9 Å². The summed E-state index contributed by atoms with van der Waals surface area (Å²) in [6, 6.07) is 8.15. The Hall–Kier alpha value is -3.08. The monoisotopic (exact) mass is 489 g/mol. The molecule has 0 saturated carbocycles. The van der Waals surface area contributed by atoms with Crippen LogP contribution in [0.1, 0.15) is 25.0 Å². The zero-order valence-electron chi connectivity index (χ0n) is 21.5. The summed E-state index contributed by atoms with van der Waals surface area (Å²) in [5.41, 5.74) is 3.68. The van der Waals surface area contributed by atoms with Crippen LogP contribution < -0.4 is 4.90 Å². The summed E-state index contributed by atoms with van der Waals surface area (Å²) in [4.78, 5) is 27.4. The summed E-state index contributed by atoms with van der Waals surface area (Å²) in [6.45, 7) is 13.6. The normalized spacial score (nSPS) is 18.0. The number of anilines is 1. The number of morpholine rings is 1. The van der Waals surface area contributed by atoms with Crippen molar-refractivity contribution in [2.75, 3.05) is 63.9 Å². The molecule has 2 saturated heterocycles. The molecule has 5 heterocycles. The van der Waals surface area contributed by atoms with E-state index in [-0.39, 0.29) is 0 Å². The van der Waals surface area contributed by atoms with Gasteiger partial charge in [0.2, 0.25) is 5.95 Å². The largest absolute Gasteiger partial charge is 0.378 e. The highest BCUT2D eigenvalue weighted by atomic mass is 16.5. The Kier molecular flexibility index (Phi) is 6.32. The first-order valence-electron chi connectivity index (χ1n) is 13.1. The summed E-state index contributed by atoms with van der Waals surface area (Å²) in [7, 11) is 2.08. The average molecular weight is 490 g/mol. The van der Waals surface area contributed by atoms with Gasteiger partial charge in [-0.3, -0.25) is 9.47 Å². The van der Waals surface area contributed by atoms with Crippen LogP contribution in [0.25, 0.3) is 28.1 Å². The molecule has 3 aromatic heterocycles. The highest BCUT2D eigenvalue weighted by Crippen LogP contribution is 2.28. The van der Waals surface area contributed by atoms with Gasteiger partial charge < -0.3 is 19.1 Å². The molecule has 2 aliphatic heterocycles. The van der Waals surface area contributed by atoms with Crippen molar-refractivity contribution >= 4 is 28.0 Å². The third-order valence-corrected chi connectivity index (χ3v) is 7.39. The van der Waals surface area contributed by atoms with Crippen molar-refractivity contribution in [1.29, 1.82) is 0 Å². The SMILES string of the molecule is CCCN1CCN(Cc2nc3c(N4CCOCC4)nc(-n4c(C)nc5ccccc54)nc3n2C)CC1. The van der Waals surface area contributed by atoms with Crippen molar-refractivity contribution in [3.63, 3.8) is 0 Å². The molecule has 10 nitrogen and oxygen atoms in total. The molecule has 36 heavy (non-hydrogen) atoms. The second-order valence-electron chi connectivity index (χ2n) is 9.81. The van der Waals surface area contributed by atoms with Gasteiger partial charge in [-0.05, 0) is 32.0 Å². The molecule has 0 spiro atoms. The molecule has 0 amide bonds. The van der Waals surface area contributed by atoms with E-state index in [0.29, 0.717) is 19.2 Å². The number of fused-ring (bicyclic) bond motifs is 2. The number of nitrogens with zero attached hydrogens (tertiary/aromatic N) is 9. The van der Waals surface area contributed by atoms with E-state index < -0.39 is 0 Å². The minimum atomic E-state index is 0.637. The van der Waals surface area contributed by atoms with Gasteiger partial charge in [0.15, 0.2) is 17.0 Å². The Labute approximate surface area is 211 Å². The number of aryl methyl sites for hydroxylation is 2. The number of rotatable bonds is 6. The van der Waals surface area contributed by atoms with E-state index in [1.807, 2.05) is 25.1 Å². The minimum Gasteiger partial charge on any atom is -0.378 e. The lowest BCUT2D eigenvalue weighted by molar-refractivity contribution is 0.122. The molecule has 190 valence electrons. The Morgan fingerprint density at radius 3 is 2.42 bits per heavy atom. The minimum absolute atomic E-state index is 0.637. The zero-order chi connectivity index (χ0) is 24.6. The van der Waals surface area contributed by atoms with Crippen LogP contribution in [-0.4, -0.2) is 97.9 Å². The fraction of sp³-hybridized carbons (Fsp3) is 0.538. The number of imidazole rings is 2. The Morgan fingerprint density at radius 2 is 1.64 bits per heavy atom. The summed E-state index contributed by atoms with van der Waals surface area (Å²) in [5, 5.41) is 0. The maximum absolute atomic E-state index is 5.63. The lowest BCUT2D eigenvalue weighted by Gasteiger charge is -2.34. The number of aromatic nitrogens is 6. The average Bonchev–Trinajstić information content (AvgIpc) is 3.41. The topological polar surface area (TPSA) is 80.4 Å². The zero-order valence-corrected chi connectivity index (χ0v) is 21.5. The van der Waals surface area contributed by atoms with E-state index in [9.17, 15) is 0 Å². The van der Waals surface area contributed by atoms with Crippen LogP contribution in [-0.2, 0) is 18.3 Å². The molecule has 0 atom stereocenters. The molecule has 0 bridgehead atoms. The molecule has 4 aromatic rings. The molecule has 10 heteroatoms. The predicted molar refractivity (Wildman–Crippen MR) is 141 cm³/mol. The highest BCUT2D eigenvalue weighted by Gasteiger charge is 2.25. The fourth-order valence-electron chi connectivity index (χ4n) is 5.40. The first-order chi connectivity index (χ1) is 17.6. The van der Waals surface area contributed by atoms with Crippen LogP contribution in [0.2, 0.25) is 0 Å². The molecule has 1 aromatic carbocycles. The molecule has 0 aliphatic carbocycles. The fourth-order valence-corrected chi connectivity index (χ4v) is 5.40. The van der Waals surface area contributed by atoms with Crippen LogP contribution in [0.15, 0.2) is 24.3 Å². The van der Waals surface area contributed by atoms with Gasteiger partial charge in [-0.25, -0.2) is 9.97 Å². The van der Waals surface area contributed by atoms with Crippen molar-refractivity contribution in [3.8, 4) is 5.95 Å². The number of para-hydroxylation sites is 2. The van der Waals surface area contributed by atoms with Gasteiger partial charge in [-0.15, -0.1) is 0 Å². The van der Waals surface area contributed by atoms with E-state index in [1.54, 1.807) is 0 Å². The summed E-state index contributed by atoms with van der Waals surface area (Å²) >= 11 is 0. The molecule has 0 N–H and O–H groups in total. The van der Waals surface area contributed by atoms with Gasteiger partial charge >= 0.3 is 0 Å². The predicted octanol–water partition coefficient (Wildman–Crippen LogP) is 2.37. The third-order valence-electron chi connectivity index (χ3n) is 7.39. The number of piperazine rings is 1. The second kappa shape index (κ2) is 9.76. The van der Waals surface area contributed by atoms with Crippen LogP contribution in [0.4, 0.5) is 5.82 Å². The van der Waals surface area contributed by atoms with Gasteiger partial charge in [0.25, 0.3) is 0 Å². The maximum atomic E-state index is 5.63. The first kappa shape index (κ1) is 23.3. The Morgan fingerprint density at radius 1 is 0.889 bits per heavy atom. The van der Waals surface area contributed by atoms with Crippen LogP contribution in [0.3, 0.4) is 0 Å². The lowest BCUT2D eigenvalue weighted by Crippen LogP contribution is -2.46. The standard InChI is InChI=1S/C26H35N9O/c1-4-9-32-10-12-33(13-11-32)18-22-28-23-24(31(22)3)29-26(30-25(23)34-14-16-36-17-15-34)35-19(2)27-20-7-5-6-8-21(20)35/h5-8H,4,9-18H2,1-3H3. The highest BCUT2D eigenvalue weighted by molar-refractivity contribution is 5.86. The van der Waals surface area contributed by atoms with E-state index in [1.165, 1.54) is 13.0 Å². The van der Waals surface area contributed by atoms with Crippen LogP contribution in [0.5, 0.6) is 0 Å². The van der Waals surface area contributed by atoms with E-state index in [4.69, 9.17) is 24.7 Å². The summed E-state index contributed by atoms with van der Waals surface area (Å²) < 4.78 is 9.84. The van der Waals surface area contributed by atoms with Gasteiger partial charge in [-0.1, -0.05) is 19.1 Å². The van der Waals surface area contributed by atoms with Crippen molar-refractivity contribution in [2.45, 2.75) is 26.8 Å². The number of ether oxygens (including phenoxy) is 1. The quantitative estimate of drug-likeness (QED) is 0.409. The smallest absolute Gasteiger partial charge is 0.239 e. The maximum Gasteiger partial charge on any atom is 0.239 e. The lowest BCUT2D eigenvalue weighted by atomic mass is 10.3. The molecular formula is C26H35N9O. The van der Waals surface area contributed by atoms with Gasteiger partial charge in [0.05, 0.1) is 30.8 Å². The first-order valence-corrected chi connectivity index (χ1v) is 13.1. The van der Waals surface area contributed by atoms with Gasteiger partial charge in [0, 0.05) is 46.3 Å². The van der Waals surface area contributed by atoms with Crippen LogP contribution >= 0.6 is 0 Å². The molecule has 0 radical (unpaired) electrons. The number of hydrogen-bond donors (Lipinski definition) is 0. The molecule has 2 fully saturated rings. The van der Waals surface area contributed by atoms with Crippen molar-refractivity contribution < 1.29 is 4.74 Å². The number of hydrogen-bond acceptors (Lipinski definition) is 8. The summed E-state index contributed by atoms with van der Waals surface area (Å²) in [5.74, 6) is 3.42. The molecular weight excluding hydrogens is 454 g/mol. The molecule has 0 unspecified atom stereocenters. The van der Waals surface area contributed by atoms with E-state index in [2.05, 4.69) is 43.9 Å². The van der Waals surface area contributed by atoms with Crippen molar-refractivity contribution in [2.24, 2.45) is 7.05 Å². The Balaban J connectivity index is 1.41. The summed E-state index contributed by atoms with van der Waals surface area (Å²) in [6.07, 6.45) is 1.21. The molecule has 6 rings (SSSR count). The second-order valence-corrected chi connectivity index (χ2v) is 9.81. The molecule has 2 aliphatic rings. The van der Waals surface area contributed by atoms with Crippen LogP contribution in [0, 0.1) is 6.92 Å². The number of benzene rings is 1. The Bertz CT molecular complexity index is 1360.